The SMILES string of the molecule is [C-]#[N+]c1ccc(OC2CCN(C(=O)c3ccc(N4CCC5(CC4)CN(CC4CCN(c6cccc7c6C(=O)N(C6CCC(=O)NC6=O)C7=O)CC4)C5)cc3)CC2)cc1Cl. The highest BCUT2D eigenvalue weighted by atomic mass is 35.5. The van der Waals surface area contributed by atoms with Gasteiger partial charge in [0, 0.05) is 89.4 Å². The first-order valence-corrected chi connectivity index (χ1v) is 21.3. The highest BCUT2D eigenvalue weighted by Crippen LogP contribution is 2.43. The summed E-state index contributed by atoms with van der Waals surface area (Å²) < 4.78 is 6.11. The second-order valence-electron chi connectivity index (χ2n) is 17.1. The molecule has 6 heterocycles. The first-order chi connectivity index (χ1) is 28.6. The molecule has 5 saturated heterocycles. The number of anilines is 2. The van der Waals surface area contributed by atoms with E-state index < -0.39 is 23.8 Å². The predicted octanol–water partition coefficient (Wildman–Crippen LogP) is 5.79. The van der Waals surface area contributed by atoms with Crippen molar-refractivity contribution in [3.8, 4) is 5.75 Å². The highest BCUT2D eigenvalue weighted by Gasteiger charge is 2.47. The third kappa shape index (κ3) is 7.64. The summed E-state index contributed by atoms with van der Waals surface area (Å²) in [5.41, 5.74) is 4.08. The smallest absolute Gasteiger partial charge is 0.264 e. The van der Waals surface area contributed by atoms with E-state index in [9.17, 15) is 24.0 Å². The molecule has 0 aliphatic carbocycles. The van der Waals surface area contributed by atoms with Crippen LogP contribution >= 0.6 is 11.6 Å². The van der Waals surface area contributed by atoms with Crippen molar-refractivity contribution < 1.29 is 28.7 Å². The van der Waals surface area contributed by atoms with Crippen molar-refractivity contribution in [2.75, 3.05) is 68.7 Å². The molecule has 0 radical (unpaired) electrons. The van der Waals surface area contributed by atoms with Gasteiger partial charge in [0.25, 0.3) is 17.7 Å². The number of piperidine rings is 4. The zero-order chi connectivity index (χ0) is 40.8. The van der Waals surface area contributed by atoms with Crippen molar-refractivity contribution in [2.24, 2.45) is 11.3 Å². The molecule has 5 fully saturated rings. The topological polar surface area (TPSA) is 127 Å². The predicted molar refractivity (Wildman–Crippen MR) is 222 cm³/mol. The van der Waals surface area contributed by atoms with Crippen LogP contribution in [-0.4, -0.2) is 115 Å². The lowest BCUT2D eigenvalue weighted by atomic mass is 9.71. The van der Waals surface area contributed by atoms with Crippen molar-refractivity contribution in [3.05, 3.63) is 93.8 Å². The van der Waals surface area contributed by atoms with E-state index in [0.29, 0.717) is 57.6 Å². The molecule has 5 amide bonds. The number of nitrogens with one attached hydrogen (secondary N) is 1. The van der Waals surface area contributed by atoms with Gasteiger partial charge in [0.05, 0.1) is 28.4 Å². The molecule has 3 aromatic carbocycles. The van der Waals surface area contributed by atoms with Gasteiger partial charge in [-0.05, 0) is 92.0 Å². The second kappa shape index (κ2) is 16.0. The molecule has 0 bridgehead atoms. The van der Waals surface area contributed by atoms with Gasteiger partial charge < -0.3 is 24.3 Å². The molecule has 6 aliphatic rings. The van der Waals surface area contributed by atoms with Gasteiger partial charge in [-0.25, -0.2) is 4.85 Å². The van der Waals surface area contributed by atoms with Crippen molar-refractivity contribution in [2.45, 2.75) is 63.5 Å². The van der Waals surface area contributed by atoms with Crippen molar-refractivity contribution >= 4 is 58.2 Å². The Balaban J connectivity index is 0.708. The number of hydrogen-bond acceptors (Lipinski definition) is 9. The van der Waals surface area contributed by atoms with Gasteiger partial charge in [0.2, 0.25) is 17.5 Å². The fourth-order valence-electron chi connectivity index (χ4n) is 10.1. The van der Waals surface area contributed by atoms with Gasteiger partial charge in [0.1, 0.15) is 17.9 Å². The number of carbonyl (C=O) groups excluding carboxylic acids is 5. The first kappa shape index (κ1) is 39.0. The van der Waals surface area contributed by atoms with Crippen LogP contribution in [0.25, 0.3) is 4.85 Å². The van der Waals surface area contributed by atoms with Crippen LogP contribution in [0, 0.1) is 17.9 Å². The zero-order valence-electron chi connectivity index (χ0n) is 33.0. The standard InChI is InChI=1S/C45H48ClN7O6/c1-47-36-10-9-33(25-35(36)46)59-32-15-21-52(22-16-32)42(56)30-5-7-31(8-6-30)50-23-17-45(18-24-50)27-49(28-45)26-29-13-19-51(20-14-29)37-4-2-3-34-40(37)44(58)53(43(34)57)38-11-12-39(54)48-41(38)55/h2-10,25,29,32,38H,11-24,26-28H2,(H,48,54,55). The van der Waals surface area contributed by atoms with Gasteiger partial charge in [-0.1, -0.05) is 23.7 Å². The minimum atomic E-state index is -0.970. The lowest BCUT2D eigenvalue weighted by molar-refractivity contribution is -0.136. The number of halogens is 1. The van der Waals surface area contributed by atoms with Gasteiger partial charge in [-0.15, -0.1) is 0 Å². The van der Waals surface area contributed by atoms with Gasteiger partial charge in [-0.3, -0.25) is 34.2 Å². The Morgan fingerprint density at radius 3 is 2.25 bits per heavy atom. The first-order valence-electron chi connectivity index (χ1n) is 20.9. The quantitative estimate of drug-likeness (QED) is 0.222. The van der Waals surface area contributed by atoms with E-state index in [1.165, 1.54) is 0 Å². The number of ether oxygens (including phenoxy) is 1. The van der Waals surface area contributed by atoms with Crippen molar-refractivity contribution in [1.29, 1.82) is 0 Å². The van der Waals surface area contributed by atoms with Crippen molar-refractivity contribution in [1.82, 2.24) is 20.0 Å². The minimum Gasteiger partial charge on any atom is -0.490 e. The van der Waals surface area contributed by atoms with Crippen LogP contribution in [0.3, 0.4) is 0 Å². The van der Waals surface area contributed by atoms with E-state index in [0.717, 1.165) is 101 Å². The summed E-state index contributed by atoms with van der Waals surface area (Å²) in [6.07, 6.45) is 6.01. The maximum Gasteiger partial charge on any atom is 0.264 e. The molecule has 1 unspecified atom stereocenters. The van der Waals surface area contributed by atoms with E-state index in [1.807, 2.05) is 29.2 Å². The largest absolute Gasteiger partial charge is 0.490 e. The molecule has 59 heavy (non-hydrogen) atoms. The van der Waals surface area contributed by atoms with E-state index in [-0.39, 0.29) is 30.8 Å². The van der Waals surface area contributed by atoms with Gasteiger partial charge in [0.15, 0.2) is 0 Å². The minimum absolute atomic E-state index is 0.00545. The maximum absolute atomic E-state index is 13.6. The highest BCUT2D eigenvalue weighted by molar-refractivity contribution is 6.33. The molecule has 0 aromatic heterocycles. The Bertz CT molecular complexity index is 2210. The molecule has 13 nitrogen and oxygen atoms in total. The lowest BCUT2D eigenvalue weighted by Crippen LogP contribution is -2.61. The lowest BCUT2D eigenvalue weighted by Gasteiger charge is -2.55. The number of benzene rings is 3. The maximum atomic E-state index is 13.6. The van der Waals surface area contributed by atoms with E-state index in [2.05, 4.69) is 37.0 Å². The normalized spacial score (nSPS) is 22.6. The number of amides is 5. The fraction of sp³-hybridized carbons (Fsp3) is 0.467. The Hall–Kier alpha value is -5.45. The van der Waals surface area contributed by atoms with E-state index in [1.54, 1.807) is 24.3 Å². The molecule has 3 aromatic rings. The number of fused-ring (bicyclic) bond motifs is 1. The summed E-state index contributed by atoms with van der Waals surface area (Å²) in [4.78, 5) is 78.2. The van der Waals surface area contributed by atoms with Crippen LogP contribution in [0.15, 0.2) is 60.7 Å². The number of likely N-dealkylation sites (tertiary alicyclic amines) is 2. The summed E-state index contributed by atoms with van der Waals surface area (Å²) in [6.45, 7) is 15.3. The van der Waals surface area contributed by atoms with Gasteiger partial charge in [-0.2, -0.15) is 0 Å². The number of imide groups is 2. The van der Waals surface area contributed by atoms with Crippen LogP contribution < -0.4 is 19.9 Å². The van der Waals surface area contributed by atoms with E-state index >= 15 is 0 Å². The van der Waals surface area contributed by atoms with Crippen LogP contribution in [0.4, 0.5) is 17.1 Å². The van der Waals surface area contributed by atoms with Crippen LogP contribution in [0.2, 0.25) is 5.02 Å². The van der Waals surface area contributed by atoms with Crippen LogP contribution in [0.5, 0.6) is 5.75 Å². The third-order valence-corrected chi connectivity index (χ3v) is 13.7. The Labute approximate surface area is 349 Å². The molecule has 1 atom stereocenters. The van der Waals surface area contributed by atoms with Gasteiger partial charge >= 0.3 is 0 Å². The third-order valence-electron chi connectivity index (χ3n) is 13.4. The van der Waals surface area contributed by atoms with Crippen molar-refractivity contribution in [3.63, 3.8) is 0 Å². The Morgan fingerprint density at radius 2 is 1.58 bits per heavy atom. The average molecular weight is 818 g/mol. The fourth-order valence-corrected chi connectivity index (χ4v) is 10.3. The van der Waals surface area contributed by atoms with Crippen LogP contribution in [-0.2, 0) is 9.59 Å². The summed E-state index contributed by atoms with van der Waals surface area (Å²) in [7, 11) is 0. The summed E-state index contributed by atoms with van der Waals surface area (Å²) in [6, 6.07) is 17.6. The summed E-state index contributed by atoms with van der Waals surface area (Å²) >= 11 is 6.17. The Morgan fingerprint density at radius 1 is 0.847 bits per heavy atom. The molecule has 1 N–H and O–H groups in total. The monoisotopic (exact) mass is 817 g/mol. The molecular weight excluding hydrogens is 770 g/mol. The van der Waals surface area contributed by atoms with E-state index in [4.69, 9.17) is 22.9 Å². The molecule has 9 rings (SSSR count). The molecule has 6 aliphatic heterocycles. The Kier molecular flexibility index (Phi) is 10.6. The summed E-state index contributed by atoms with van der Waals surface area (Å²) in [5, 5.41) is 2.65. The second-order valence-corrected chi connectivity index (χ2v) is 17.5. The molecule has 1 spiro atoms. The zero-order valence-corrected chi connectivity index (χ0v) is 33.8. The van der Waals surface area contributed by atoms with Crippen LogP contribution in [0.1, 0.15) is 82.4 Å². The number of nitrogens with zero attached hydrogens (tertiary/aromatic N) is 6. The molecule has 14 heteroatoms. The number of rotatable bonds is 8. The number of carbonyl (C=O) groups is 5. The number of hydrogen-bond donors (Lipinski definition) is 1. The molecule has 306 valence electrons. The average Bonchev–Trinajstić information content (AvgIpc) is 3.49. The molecule has 0 saturated carbocycles. The summed E-state index contributed by atoms with van der Waals surface area (Å²) in [5.74, 6) is -0.645. The molecular formula is C45H48ClN7O6.